The maximum absolute atomic E-state index is 12.6. The molecule has 4 nitrogen and oxygen atoms in total. The molecular formula is C17H20F3N3O. The van der Waals surface area contributed by atoms with Crippen molar-refractivity contribution in [1.82, 2.24) is 14.7 Å². The average molecular weight is 339 g/mol. The number of aromatic nitrogens is 2. The van der Waals surface area contributed by atoms with Crippen LogP contribution < -0.4 is 0 Å². The number of nitrogens with zero attached hydrogens (tertiary/aromatic N) is 3. The number of piperidine rings is 1. The van der Waals surface area contributed by atoms with E-state index >= 15 is 0 Å². The van der Waals surface area contributed by atoms with Gasteiger partial charge in [-0.15, -0.1) is 0 Å². The number of aliphatic hydroxyl groups excluding tert-OH is 1. The van der Waals surface area contributed by atoms with Gasteiger partial charge in [-0.25, -0.2) is 0 Å². The minimum absolute atomic E-state index is 0.0220. The Morgan fingerprint density at radius 3 is 2.38 bits per heavy atom. The van der Waals surface area contributed by atoms with Gasteiger partial charge in [0.05, 0.1) is 12.1 Å². The van der Waals surface area contributed by atoms with Gasteiger partial charge in [0.1, 0.15) is 0 Å². The fourth-order valence-electron chi connectivity index (χ4n) is 3.08. The molecule has 0 amide bonds. The molecule has 0 bridgehead atoms. The van der Waals surface area contributed by atoms with Crippen molar-refractivity contribution in [2.45, 2.75) is 31.2 Å². The first-order chi connectivity index (χ1) is 11.4. The van der Waals surface area contributed by atoms with Crippen LogP contribution in [0.4, 0.5) is 13.2 Å². The fraction of sp³-hybridized carbons (Fsp3) is 0.471. The summed E-state index contributed by atoms with van der Waals surface area (Å²) >= 11 is 0. The summed E-state index contributed by atoms with van der Waals surface area (Å²) in [4.78, 5) is 2.14. The molecule has 0 aliphatic carbocycles. The number of aliphatic hydroxyl groups is 1. The lowest BCUT2D eigenvalue weighted by molar-refractivity contribution is -0.141. The third-order valence-electron chi connectivity index (χ3n) is 4.45. The number of rotatable bonds is 4. The zero-order valence-corrected chi connectivity index (χ0v) is 13.2. The molecular weight excluding hydrogens is 319 g/mol. The second-order valence-electron chi connectivity index (χ2n) is 6.14. The molecule has 24 heavy (non-hydrogen) atoms. The van der Waals surface area contributed by atoms with Crippen LogP contribution in [0.15, 0.2) is 42.6 Å². The van der Waals surface area contributed by atoms with Gasteiger partial charge in [-0.1, -0.05) is 30.3 Å². The van der Waals surface area contributed by atoms with Gasteiger partial charge in [0, 0.05) is 25.8 Å². The Bertz CT molecular complexity index is 649. The summed E-state index contributed by atoms with van der Waals surface area (Å²) in [5, 5.41) is 13.9. The van der Waals surface area contributed by atoms with E-state index in [-0.39, 0.29) is 6.04 Å². The molecule has 0 spiro atoms. The van der Waals surface area contributed by atoms with Crippen molar-refractivity contribution in [2.75, 3.05) is 19.6 Å². The number of hydrogen-bond donors (Lipinski definition) is 1. The monoisotopic (exact) mass is 339 g/mol. The predicted octanol–water partition coefficient (Wildman–Crippen LogP) is 3.27. The summed E-state index contributed by atoms with van der Waals surface area (Å²) in [5.41, 5.74) is 0.0333. The Labute approximate surface area is 138 Å². The molecule has 1 saturated heterocycles. The number of benzene rings is 1. The second-order valence-corrected chi connectivity index (χ2v) is 6.14. The second kappa shape index (κ2) is 6.94. The minimum Gasteiger partial charge on any atom is -0.387 e. The van der Waals surface area contributed by atoms with Crippen molar-refractivity contribution in [2.24, 2.45) is 0 Å². The van der Waals surface area contributed by atoms with Crippen molar-refractivity contribution in [3.63, 3.8) is 0 Å². The molecule has 1 aliphatic heterocycles. The van der Waals surface area contributed by atoms with E-state index in [9.17, 15) is 18.3 Å². The molecule has 2 heterocycles. The van der Waals surface area contributed by atoms with Crippen LogP contribution in [0, 0.1) is 0 Å². The Morgan fingerprint density at radius 1 is 1.12 bits per heavy atom. The summed E-state index contributed by atoms with van der Waals surface area (Å²) in [6, 6.07) is 10.5. The van der Waals surface area contributed by atoms with Gasteiger partial charge < -0.3 is 10.0 Å². The number of hydrogen-bond acceptors (Lipinski definition) is 3. The van der Waals surface area contributed by atoms with E-state index in [1.807, 2.05) is 30.3 Å². The Morgan fingerprint density at radius 2 is 1.79 bits per heavy atom. The summed E-state index contributed by atoms with van der Waals surface area (Å²) in [6.07, 6.45) is -2.10. The van der Waals surface area contributed by atoms with E-state index in [0.717, 1.165) is 37.6 Å². The highest BCUT2D eigenvalue weighted by Gasteiger charge is 2.34. The van der Waals surface area contributed by atoms with Crippen LogP contribution in [0.25, 0.3) is 0 Å². The van der Waals surface area contributed by atoms with Crippen molar-refractivity contribution >= 4 is 0 Å². The first kappa shape index (κ1) is 17.0. The van der Waals surface area contributed by atoms with E-state index in [2.05, 4.69) is 10.00 Å². The maximum Gasteiger partial charge on any atom is 0.435 e. The summed E-state index contributed by atoms with van der Waals surface area (Å²) < 4.78 is 39.3. The minimum atomic E-state index is -4.40. The molecule has 1 aromatic heterocycles. The van der Waals surface area contributed by atoms with E-state index < -0.39 is 18.0 Å². The van der Waals surface area contributed by atoms with Crippen molar-refractivity contribution in [3.05, 3.63) is 53.9 Å². The molecule has 1 unspecified atom stereocenters. The molecule has 0 saturated carbocycles. The van der Waals surface area contributed by atoms with E-state index in [1.165, 1.54) is 10.9 Å². The molecule has 130 valence electrons. The highest BCUT2D eigenvalue weighted by molar-refractivity contribution is 5.17. The molecule has 0 radical (unpaired) electrons. The summed E-state index contributed by atoms with van der Waals surface area (Å²) in [7, 11) is 0. The van der Waals surface area contributed by atoms with Crippen LogP contribution >= 0.6 is 0 Å². The Kier molecular flexibility index (Phi) is 4.91. The highest BCUT2D eigenvalue weighted by atomic mass is 19.4. The number of halogens is 3. The van der Waals surface area contributed by atoms with E-state index in [4.69, 9.17) is 0 Å². The van der Waals surface area contributed by atoms with Crippen molar-refractivity contribution in [1.29, 1.82) is 0 Å². The van der Waals surface area contributed by atoms with Gasteiger partial charge in [-0.3, -0.25) is 4.68 Å². The van der Waals surface area contributed by atoms with Crippen LogP contribution in [0.1, 0.15) is 36.2 Å². The van der Waals surface area contributed by atoms with Crippen LogP contribution in [0.5, 0.6) is 0 Å². The van der Waals surface area contributed by atoms with Crippen LogP contribution in [0.2, 0.25) is 0 Å². The molecule has 7 heteroatoms. The predicted molar refractivity (Wildman–Crippen MR) is 83.3 cm³/mol. The maximum atomic E-state index is 12.6. The van der Waals surface area contributed by atoms with Gasteiger partial charge in [0.25, 0.3) is 0 Å². The third kappa shape index (κ3) is 3.96. The van der Waals surface area contributed by atoms with E-state index in [0.29, 0.717) is 6.54 Å². The quantitative estimate of drug-likeness (QED) is 0.929. The van der Waals surface area contributed by atoms with Gasteiger partial charge in [0.15, 0.2) is 5.69 Å². The smallest absolute Gasteiger partial charge is 0.387 e. The molecule has 1 atom stereocenters. The van der Waals surface area contributed by atoms with Gasteiger partial charge >= 0.3 is 6.18 Å². The lowest BCUT2D eigenvalue weighted by Gasteiger charge is -2.33. The van der Waals surface area contributed by atoms with E-state index in [1.54, 1.807) is 0 Å². The van der Waals surface area contributed by atoms with Crippen LogP contribution in [-0.4, -0.2) is 39.4 Å². The van der Waals surface area contributed by atoms with Crippen molar-refractivity contribution < 1.29 is 18.3 Å². The molecule has 1 aromatic carbocycles. The van der Waals surface area contributed by atoms with Crippen LogP contribution in [-0.2, 0) is 6.18 Å². The number of likely N-dealkylation sites (tertiary alicyclic amines) is 1. The molecule has 1 N–H and O–H groups in total. The largest absolute Gasteiger partial charge is 0.435 e. The van der Waals surface area contributed by atoms with Gasteiger partial charge in [-0.2, -0.15) is 18.3 Å². The number of alkyl halides is 3. The average Bonchev–Trinajstić information content (AvgIpc) is 3.07. The van der Waals surface area contributed by atoms with Crippen molar-refractivity contribution in [3.8, 4) is 0 Å². The fourth-order valence-corrected chi connectivity index (χ4v) is 3.08. The zero-order valence-electron chi connectivity index (χ0n) is 13.2. The lowest BCUT2D eigenvalue weighted by Crippen LogP contribution is -2.37. The SMILES string of the molecule is OC(CN1CCC(n2ccc(C(F)(F)F)n2)CC1)c1ccccc1. The molecule has 3 rings (SSSR count). The first-order valence-corrected chi connectivity index (χ1v) is 8.01. The van der Waals surface area contributed by atoms with Gasteiger partial charge in [0.2, 0.25) is 0 Å². The molecule has 2 aromatic rings. The molecule has 1 fully saturated rings. The van der Waals surface area contributed by atoms with Crippen LogP contribution in [0.3, 0.4) is 0 Å². The lowest BCUT2D eigenvalue weighted by atomic mass is 10.0. The molecule has 1 aliphatic rings. The first-order valence-electron chi connectivity index (χ1n) is 8.01. The zero-order chi connectivity index (χ0) is 17.2. The summed E-state index contributed by atoms with van der Waals surface area (Å²) in [5.74, 6) is 0. The topological polar surface area (TPSA) is 41.3 Å². The summed E-state index contributed by atoms with van der Waals surface area (Å²) in [6.45, 7) is 2.00. The number of β-amino-alcohol motifs (C(OH)–C–C–N with tert-alkyl or cyclic N) is 1. The van der Waals surface area contributed by atoms with Gasteiger partial charge in [-0.05, 0) is 24.5 Å². The Balaban J connectivity index is 1.53. The standard InChI is InChI=1S/C17H20F3N3O/c18-17(19,20)16-8-11-23(21-16)14-6-9-22(10-7-14)12-15(24)13-4-2-1-3-5-13/h1-5,8,11,14-15,24H,6-7,9-10,12H2. The Hall–Kier alpha value is -1.86. The highest BCUT2D eigenvalue weighted by Crippen LogP contribution is 2.30. The normalized spacial score (nSPS) is 18.7. The third-order valence-corrected chi connectivity index (χ3v) is 4.45.